The van der Waals surface area contributed by atoms with Gasteiger partial charge < -0.3 is 28.7 Å². The average Bonchev–Trinajstić information content (AvgIpc) is 3.40. The highest BCUT2D eigenvalue weighted by Crippen LogP contribution is 2.32. The van der Waals surface area contributed by atoms with E-state index in [2.05, 4.69) is 5.32 Å². The van der Waals surface area contributed by atoms with E-state index in [1.807, 2.05) is 10.8 Å². The molecule has 2 aromatic heterocycles. The molecule has 4 aromatic rings. The number of esters is 1. The van der Waals surface area contributed by atoms with Crippen LogP contribution in [0, 0.1) is 5.82 Å². The first-order chi connectivity index (χ1) is 16.5. The molecule has 1 amide bonds. The van der Waals surface area contributed by atoms with Gasteiger partial charge in [0, 0.05) is 23.6 Å². The molecule has 0 bridgehead atoms. The second-order valence-corrected chi connectivity index (χ2v) is 7.68. The zero-order valence-corrected chi connectivity index (χ0v) is 18.4. The average molecular weight is 463 g/mol. The van der Waals surface area contributed by atoms with Crippen LogP contribution in [0.15, 0.2) is 60.8 Å². The number of anilines is 1. The zero-order chi connectivity index (χ0) is 23.7. The molecule has 0 radical (unpaired) electrons. The first kappa shape index (κ1) is 21.6. The third-order valence-electron chi connectivity index (χ3n) is 5.48. The van der Waals surface area contributed by atoms with E-state index in [4.69, 9.17) is 14.2 Å². The van der Waals surface area contributed by atoms with E-state index in [0.717, 1.165) is 5.69 Å². The minimum absolute atomic E-state index is 0.112. The number of carbonyl (C=O) groups excluding carboxylic acids is 2. The molecule has 34 heavy (non-hydrogen) atoms. The zero-order valence-electron chi connectivity index (χ0n) is 18.4. The van der Waals surface area contributed by atoms with Crippen molar-refractivity contribution in [2.45, 2.75) is 13.5 Å². The summed E-state index contributed by atoms with van der Waals surface area (Å²) in [4.78, 5) is 25.6. The van der Waals surface area contributed by atoms with Crippen molar-refractivity contribution in [2.24, 2.45) is 0 Å². The Labute approximate surface area is 194 Å². The summed E-state index contributed by atoms with van der Waals surface area (Å²) >= 11 is 0. The molecular formula is C25H22FN3O5. The second-order valence-electron chi connectivity index (χ2n) is 7.68. The molecule has 174 valence electrons. The molecule has 1 N–H and O–H groups in total. The minimum atomic E-state index is -0.531. The molecule has 0 aliphatic carbocycles. The van der Waals surface area contributed by atoms with E-state index in [1.165, 1.54) is 12.1 Å². The summed E-state index contributed by atoms with van der Waals surface area (Å²) in [5.41, 5.74) is 2.90. The van der Waals surface area contributed by atoms with Crippen LogP contribution in [0.25, 0.3) is 16.7 Å². The molecule has 0 unspecified atom stereocenters. The fraction of sp³-hybridized carbons (Fsp3) is 0.200. The van der Waals surface area contributed by atoms with E-state index in [9.17, 15) is 14.0 Å². The van der Waals surface area contributed by atoms with Gasteiger partial charge in [-0.3, -0.25) is 4.79 Å². The molecule has 1 aliphatic heterocycles. The molecule has 0 spiro atoms. The summed E-state index contributed by atoms with van der Waals surface area (Å²) in [5.74, 6) is -0.00224. The van der Waals surface area contributed by atoms with Crippen LogP contribution in [-0.4, -0.2) is 40.8 Å². The number of halogens is 1. The van der Waals surface area contributed by atoms with Crippen molar-refractivity contribution >= 4 is 28.6 Å². The molecule has 5 rings (SSSR count). The van der Waals surface area contributed by atoms with Gasteiger partial charge in [0.15, 0.2) is 11.5 Å². The lowest BCUT2D eigenvalue weighted by molar-refractivity contribution is -0.116. The van der Waals surface area contributed by atoms with E-state index in [1.54, 1.807) is 54.0 Å². The van der Waals surface area contributed by atoms with Crippen LogP contribution in [0.5, 0.6) is 11.5 Å². The molecule has 1 aliphatic rings. The number of fused-ring (bicyclic) bond motifs is 2. The lowest BCUT2D eigenvalue weighted by atomic mass is 10.2. The van der Waals surface area contributed by atoms with Crippen molar-refractivity contribution in [1.29, 1.82) is 0 Å². The Balaban J connectivity index is 1.46. The Bertz CT molecular complexity index is 1370. The number of hydrogen-bond acceptors (Lipinski definition) is 5. The number of nitrogens with one attached hydrogen (secondary N) is 1. The number of benzene rings is 2. The summed E-state index contributed by atoms with van der Waals surface area (Å²) in [5, 5.41) is 2.84. The van der Waals surface area contributed by atoms with Gasteiger partial charge in [0.2, 0.25) is 5.91 Å². The van der Waals surface area contributed by atoms with Crippen LogP contribution in [-0.2, 0) is 16.1 Å². The normalized spacial score (nSPS) is 12.5. The van der Waals surface area contributed by atoms with Gasteiger partial charge in [-0.2, -0.15) is 0 Å². The quantitative estimate of drug-likeness (QED) is 0.434. The van der Waals surface area contributed by atoms with Crippen LogP contribution in [0.3, 0.4) is 0 Å². The van der Waals surface area contributed by atoms with Crippen LogP contribution >= 0.6 is 0 Å². The van der Waals surface area contributed by atoms with Crippen LogP contribution < -0.4 is 14.8 Å². The Morgan fingerprint density at radius 2 is 1.76 bits per heavy atom. The summed E-state index contributed by atoms with van der Waals surface area (Å²) in [7, 11) is 0. The highest BCUT2D eigenvalue weighted by Gasteiger charge is 2.22. The lowest BCUT2D eigenvalue weighted by Gasteiger charge is -2.19. The fourth-order valence-electron chi connectivity index (χ4n) is 3.98. The molecular weight excluding hydrogens is 441 g/mol. The maximum absolute atomic E-state index is 13.4. The van der Waals surface area contributed by atoms with Crippen LogP contribution in [0.4, 0.5) is 10.1 Å². The molecule has 2 aromatic carbocycles. The molecule has 0 saturated heterocycles. The van der Waals surface area contributed by atoms with Gasteiger partial charge in [-0.25, -0.2) is 9.18 Å². The number of rotatable bonds is 6. The predicted octanol–water partition coefficient (Wildman–Crippen LogP) is 4.16. The monoisotopic (exact) mass is 463 g/mol. The van der Waals surface area contributed by atoms with Crippen molar-refractivity contribution in [2.75, 3.05) is 25.1 Å². The molecule has 9 heteroatoms. The highest BCUT2D eigenvalue weighted by molar-refractivity contribution is 5.98. The molecule has 0 fully saturated rings. The van der Waals surface area contributed by atoms with Crippen molar-refractivity contribution in [3.63, 3.8) is 0 Å². The van der Waals surface area contributed by atoms with Crippen molar-refractivity contribution in [3.05, 3.63) is 72.3 Å². The smallest absolute Gasteiger partial charge is 0.355 e. The third kappa shape index (κ3) is 4.07. The van der Waals surface area contributed by atoms with E-state index in [-0.39, 0.29) is 30.6 Å². The number of nitrogens with zero attached hydrogens (tertiary/aromatic N) is 2. The Morgan fingerprint density at radius 3 is 2.53 bits per heavy atom. The van der Waals surface area contributed by atoms with Crippen LogP contribution in [0.2, 0.25) is 0 Å². The molecule has 0 atom stereocenters. The van der Waals surface area contributed by atoms with Crippen molar-refractivity contribution < 1.29 is 28.2 Å². The first-order valence-electron chi connectivity index (χ1n) is 10.9. The van der Waals surface area contributed by atoms with E-state index >= 15 is 0 Å². The number of hydrogen-bond donors (Lipinski definition) is 1. The molecule has 3 heterocycles. The fourth-order valence-corrected chi connectivity index (χ4v) is 3.98. The highest BCUT2D eigenvalue weighted by atomic mass is 19.1. The third-order valence-corrected chi connectivity index (χ3v) is 5.48. The van der Waals surface area contributed by atoms with Gasteiger partial charge in [0.1, 0.15) is 31.3 Å². The number of aromatic nitrogens is 2. The van der Waals surface area contributed by atoms with Gasteiger partial charge in [0.05, 0.1) is 17.6 Å². The van der Waals surface area contributed by atoms with Gasteiger partial charge in [-0.1, -0.05) is 0 Å². The number of carbonyl (C=O) groups is 2. The summed E-state index contributed by atoms with van der Waals surface area (Å²) in [6.07, 6.45) is 1.81. The van der Waals surface area contributed by atoms with Crippen molar-refractivity contribution in [3.8, 4) is 17.2 Å². The first-order valence-corrected chi connectivity index (χ1v) is 10.9. The van der Waals surface area contributed by atoms with Gasteiger partial charge >= 0.3 is 5.97 Å². The lowest BCUT2D eigenvalue weighted by Crippen LogP contribution is -2.22. The van der Waals surface area contributed by atoms with Crippen LogP contribution in [0.1, 0.15) is 17.4 Å². The predicted molar refractivity (Wildman–Crippen MR) is 123 cm³/mol. The molecule has 8 nitrogen and oxygen atoms in total. The van der Waals surface area contributed by atoms with Gasteiger partial charge in [-0.15, -0.1) is 0 Å². The Kier molecular flexibility index (Phi) is 5.67. The van der Waals surface area contributed by atoms with Gasteiger partial charge in [-0.05, 0) is 55.5 Å². The maximum atomic E-state index is 13.4. The number of amides is 1. The second kappa shape index (κ2) is 8.93. The van der Waals surface area contributed by atoms with Gasteiger partial charge in [0.25, 0.3) is 0 Å². The Morgan fingerprint density at radius 1 is 1.00 bits per heavy atom. The van der Waals surface area contributed by atoms with Crippen molar-refractivity contribution in [1.82, 2.24) is 9.13 Å². The standard InChI is InChI=1S/C25H22FN3O5/c1-2-32-25(31)21-14-20-19(9-10-28(20)18-6-3-16(26)4-7-18)29(21)15-24(30)27-17-5-8-22-23(13-17)34-12-11-33-22/h3-10,13-14H,2,11-12,15H2,1H3,(H,27,30). The summed E-state index contributed by atoms with van der Waals surface area (Å²) < 4.78 is 33.1. The Hall–Kier alpha value is -4.27. The SMILES string of the molecule is CCOC(=O)c1cc2c(ccn2-c2ccc(F)cc2)n1CC(=O)Nc1ccc2c(c1)OCCO2. The topological polar surface area (TPSA) is 83.7 Å². The van der Waals surface area contributed by atoms with E-state index < -0.39 is 5.97 Å². The maximum Gasteiger partial charge on any atom is 0.355 e. The largest absolute Gasteiger partial charge is 0.486 e. The summed E-state index contributed by atoms with van der Waals surface area (Å²) in [6, 6.07) is 14.7. The summed E-state index contributed by atoms with van der Waals surface area (Å²) in [6.45, 7) is 2.74. The van der Waals surface area contributed by atoms with E-state index in [0.29, 0.717) is 41.4 Å². The molecule has 0 saturated carbocycles. The minimum Gasteiger partial charge on any atom is -0.486 e. The number of ether oxygens (including phenoxy) is 3.